The Labute approximate surface area is 160 Å². The van der Waals surface area contributed by atoms with Crippen LogP contribution in [0.4, 0.5) is 16.3 Å². The molecule has 0 unspecified atom stereocenters. The van der Waals surface area contributed by atoms with Gasteiger partial charge in [-0.3, -0.25) is 5.32 Å². The zero-order valence-electron chi connectivity index (χ0n) is 16.5. The number of nitrogens with zero attached hydrogens (tertiary/aromatic N) is 1. The van der Waals surface area contributed by atoms with Crippen LogP contribution in [0.2, 0.25) is 0 Å². The largest absolute Gasteiger partial charge is 0.493 e. The SMILES string of the molecule is COc1ccc(CCNc2ccc(NC(=O)OC(C)(C)C)cn2)cc1OC. The highest BCUT2D eigenvalue weighted by molar-refractivity contribution is 5.84. The lowest BCUT2D eigenvalue weighted by Gasteiger charge is -2.19. The van der Waals surface area contributed by atoms with Crippen molar-refractivity contribution in [3.05, 3.63) is 42.1 Å². The Bertz CT molecular complexity index is 755. The summed E-state index contributed by atoms with van der Waals surface area (Å²) < 4.78 is 15.8. The highest BCUT2D eigenvalue weighted by atomic mass is 16.6. The molecule has 0 saturated carbocycles. The van der Waals surface area contributed by atoms with Crippen LogP contribution in [0.15, 0.2) is 36.5 Å². The second-order valence-electron chi connectivity index (χ2n) is 6.93. The number of methoxy groups -OCH3 is 2. The van der Waals surface area contributed by atoms with E-state index in [0.717, 1.165) is 17.8 Å². The third-order valence-corrected chi connectivity index (χ3v) is 3.58. The number of rotatable bonds is 7. The molecule has 1 amide bonds. The van der Waals surface area contributed by atoms with Gasteiger partial charge in [0.1, 0.15) is 11.4 Å². The summed E-state index contributed by atoms with van der Waals surface area (Å²) in [7, 11) is 3.24. The van der Waals surface area contributed by atoms with Gasteiger partial charge in [-0.25, -0.2) is 9.78 Å². The van der Waals surface area contributed by atoms with E-state index in [9.17, 15) is 4.79 Å². The summed E-state index contributed by atoms with van der Waals surface area (Å²) in [5.41, 5.74) is 1.17. The number of nitrogens with one attached hydrogen (secondary N) is 2. The van der Waals surface area contributed by atoms with Gasteiger partial charge in [0.15, 0.2) is 11.5 Å². The maximum absolute atomic E-state index is 11.7. The quantitative estimate of drug-likeness (QED) is 0.760. The van der Waals surface area contributed by atoms with E-state index in [4.69, 9.17) is 14.2 Å². The third-order valence-electron chi connectivity index (χ3n) is 3.58. The molecule has 1 aromatic heterocycles. The summed E-state index contributed by atoms with van der Waals surface area (Å²) in [6.07, 6.45) is 1.89. The Morgan fingerprint density at radius 1 is 1.07 bits per heavy atom. The lowest BCUT2D eigenvalue weighted by molar-refractivity contribution is 0.0636. The molecule has 7 nitrogen and oxygen atoms in total. The summed E-state index contributed by atoms with van der Waals surface area (Å²) >= 11 is 0. The van der Waals surface area contributed by atoms with Crippen molar-refractivity contribution in [3.63, 3.8) is 0 Å². The first-order valence-corrected chi connectivity index (χ1v) is 8.71. The molecule has 0 bridgehead atoms. The summed E-state index contributed by atoms with van der Waals surface area (Å²) in [6.45, 7) is 6.16. The number of carbonyl (C=O) groups is 1. The van der Waals surface area contributed by atoms with Crippen molar-refractivity contribution in [1.82, 2.24) is 4.98 Å². The van der Waals surface area contributed by atoms with Gasteiger partial charge >= 0.3 is 6.09 Å². The lowest BCUT2D eigenvalue weighted by Crippen LogP contribution is -2.27. The van der Waals surface area contributed by atoms with Crippen molar-refractivity contribution in [2.45, 2.75) is 32.8 Å². The number of carbonyl (C=O) groups excluding carboxylic acids is 1. The molecule has 0 atom stereocenters. The van der Waals surface area contributed by atoms with Crippen molar-refractivity contribution in [2.24, 2.45) is 0 Å². The molecule has 2 N–H and O–H groups in total. The molecule has 7 heteroatoms. The van der Waals surface area contributed by atoms with Gasteiger partial charge in [0.05, 0.1) is 26.1 Å². The Hall–Kier alpha value is -2.96. The van der Waals surface area contributed by atoms with Crippen molar-refractivity contribution in [3.8, 4) is 11.5 Å². The molecule has 2 rings (SSSR count). The van der Waals surface area contributed by atoms with Gasteiger partial charge in [0.2, 0.25) is 0 Å². The van der Waals surface area contributed by atoms with Crippen LogP contribution in [-0.2, 0) is 11.2 Å². The first-order valence-electron chi connectivity index (χ1n) is 8.71. The molecule has 2 aromatic rings. The summed E-state index contributed by atoms with van der Waals surface area (Å²) in [5.74, 6) is 2.15. The van der Waals surface area contributed by atoms with Crippen LogP contribution in [0, 0.1) is 0 Å². The molecule has 0 aliphatic rings. The van der Waals surface area contributed by atoms with E-state index in [0.29, 0.717) is 23.7 Å². The molecule has 0 saturated heterocycles. The van der Waals surface area contributed by atoms with Gasteiger partial charge in [-0.2, -0.15) is 0 Å². The second-order valence-corrected chi connectivity index (χ2v) is 6.93. The van der Waals surface area contributed by atoms with Gasteiger partial charge in [-0.05, 0) is 57.0 Å². The standard InChI is InChI=1S/C20H27N3O4/c1-20(2,3)27-19(24)23-15-7-9-18(22-13-15)21-11-10-14-6-8-16(25-4)17(12-14)26-5/h6-9,12-13H,10-11H2,1-5H3,(H,21,22)(H,23,24). The minimum Gasteiger partial charge on any atom is -0.493 e. The number of hydrogen-bond acceptors (Lipinski definition) is 6. The molecule has 0 radical (unpaired) electrons. The van der Waals surface area contributed by atoms with E-state index in [1.165, 1.54) is 0 Å². The average molecular weight is 373 g/mol. The van der Waals surface area contributed by atoms with E-state index < -0.39 is 11.7 Å². The van der Waals surface area contributed by atoms with Crippen molar-refractivity contribution in [2.75, 3.05) is 31.4 Å². The topological polar surface area (TPSA) is 81.7 Å². The number of ether oxygens (including phenoxy) is 3. The highest BCUT2D eigenvalue weighted by Gasteiger charge is 2.16. The van der Waals surface area contributed by atoms with Crippen molar-refractivity contribution < 1.29 is 19.0 Å². The molecule has 0 aliphatic carbocycles. The fourth-order valence-corrected chi connectivity index (χ4v) is 2.36. The van der Waals surface area contributed by atoms with Crippen LogP contribution in [-0.4, -0.2) is 37.4 Å². The average Bonchev–Trinajstić information content (AvgIpc) is 2.61. The summed E-state index contributed by atoms with van der Waals surface area (Å²) in [6, 6.07) is 9.44. The normalized spacial score (nSPS) is 10.9. The van der Waals surface area contributed by atoms with E-state index in [1.54, 1.807) is 32.5 Å². The molecule has 0 aliphatic heterocycles. The Balaban J connectivity index is 1.84. The predicted molar refractivity (Wildman–Crippen MR) is 106 cm³/mol. The van der Waals surface area contributed by atoms with Crippen LogP contribution < -0.4 is 20.1 Å². The van der Waals surface area contributed by atoms with Crippen LogP contribution in [0.1, 0.15) is 26.3 Å². The number of pyridine rings is 1. The molecular formula is C20H27N3O4. The summed E-state index contributed by atoms with van der Waals surface area (Å²) in [5, 5.41) is 5.90. The van der Waals surface area contributed by atoms with Crippen LogP contribution in [0.25, 0.3) is 0 Å². The van der Waals surface area contributed by atoms with Gasteiger partial charge in [0.25, 0.3) is 0 Å². The number of aromatic nitrogens is 1. The zero-order chi connectivity index (χ0) is 19.9. The van der Waals surface area contributed by atoms with Gasteiger partial charge < -0.3 is 19.5 Å². The number of anilines is 2. The van der Waals surface area contributed by atoms with Crippen LogP contribution >= 0.6 is 0 Å². The van der Waals surface area contributed by atoms with E-state index in [2.05, 4.69) is 15.6 Å². The zero-order valence-corrected chi connectivity index (χ0v) is 16.5. The smallest absolute Gasteiger partial charge is 0.412 e. The van der Waals surface area contributed by atoms with Crippen LogP contribution in [0.5, 0.6) is 11.5 Å². The Morgan fingerprint density at radius 3 is 2.41 bits per heavy atom. The minimum absolute atomic E-state index is 0.501. The molecule has 0 fully saturated rings. The molecule has 0 spiro atoms. The number of benzene rings is 1. The fourth-order valence-electron chi connectivity index (χ4n) is 2.36. The molecular weight excluding hydrogens is 346 g/mol. The van der Waals surface area contributed by atoms with Gasteiger partial charge in [0, 0.05) is 6.54 Å². The third kappa shape index (κ3) is 6.69. The predicted octanol–water partition coefficient (Wildman–Crippen LogP) is 4.10. The monoisotopic (exact) mass is 373 g/mol. The second kappa shape index (κ2) is 9.12. The Morgan fingerprint density at radius 2 is 1.81 bits per heavy atom. The first-order chi connectivity index (χ1) is 12.8. The van der Waals surface area contributed by atoms with E-state index >= 15 is 0 Å². The molecule has 1 aromatic carbocycles. The molecule has 146 valence electrons. The highest BCUT2D eigenvalue weighted by Crippen LogP contribution is 2.27. The van der Waals surface area contributed by atoms with Crippen molar-refractivity contribution in [1.29, 1.82) is 0 Å². The molecule has 27 heavy (non-hydrogen) atoms. The Kier molecular flexibility index (Phi) is 6.87. The lowest BCUT2D eigenvalue weighted by atomic mass is 10.1. The first kappa shape index (κ1) is 20.4. The molecule has 1 heterocycles. The van der Waals surface area contributed by atoms with Crippen molar-refractivity contribution >= 4 is 17.6 Å². The van der Waals surface area contributed by atoms with E-state index in [1.807, 2.05) is 39.0 Å². The maximum Gasteiger partial charge on any atom is 0.412 e. The van der Waals surface area contributed by atoms with Gasteiger partial charge in [-0.15, -0.1) is 0 Å². The van der Waals surface area contributed by atoms with E-state index in [-0.39, 0.29) is 0 Å². The minimum atomic E-state index is -0.539. The number of amides is 1. The number of hydrogen-bond donors (Lipinski definition) is 2. The fraction of sp³-hybridized carbons (Fsp3) is 0.400. The van der Waals surface area contributed by atoms with Gasteiger partial charge in [-0.1, -0.05) is 6.07 Å². The van der Waals surface area contributed by atoms with Crippen LogP contribution in [0.3, 0.4) is 0 Å². The maximum atomic E-state index is 11.7. The summed E-state index contributed by atoms with van der Waals surface area (Å²) in [4.78, 5) is 16.0.